The first kappa shape index (κ1) is 16.6. The number of aliphatic carboxylic acids is 1. The van der Waals surface area contributed by atoms with Crippen LogP contribution in [0.5, 0.6) is 11.5 Å². The summed E-state index contributed by atoms with van der Waals surface area (Å²) in [6, 6.07) is 3.30. The van der Waals surface area contributed by atoms with Gasteiger partial charge in [-0.3, -0.25) is 4.79 Å². The highest BCUT2D eigenvalue weighted by Gasteiger charge is 2.32. The van der Waals surface area contributed by atoms with Crippen LogP contribution in [-0.2, 0) is 14.8 Å². The summed E-state index contributed by atoms with van der Waals surface area (Å²) in [4.78, 5) is 11.2. The summed E-state index contributed by atoms with van der Waals surface area (Å²) in [6.07, 6.45) is 0.534. The Morgan fingerprint density at radius 2 is 2.05 bits per heavy atom. The summed E-state index contributed by atoms with van der Waals surface area (Å²) in [5.74, 6) is -1.09. The molecule has 0 saturated heterocycles. The molecule has 0 radical (unpaired) electrons. The first-order valence-corrected chi connectivity index (χ1v) is 8.49. The first-order valence-electron chi connectivity index (χ1n) is 7.00. The quantitative estimate of drug-likeness (QED) is 0.814. The zero-order chi connectivity index (χ0) is 16.3. The Bertz CT molecular complexity index is 657. The Morgan fingerprint density at radius 3 is 2.68 bits per heavy atom. The molecule has 2 rings (SSSR count). The molecule has 1 aromatic rings. The average molecular weight is 329 g/mol. The fourth-order valence-corrected chi connectivity index (χ4v) is 3.59. The second-order valence-corrected chi connectivity index (χ2v) is 6.79. The Kier molecular flexibility index (Phi) is 4.92. The van der Waals surface area contributed by atoms with E-state index < -0.39 is 22.0 Å². The number of ether oxygens (including phenoxy) is 2. The zero-order valence-corrected chi connectivity index (χ0v) is 13.2. The van der Waals surface area contributed by atoms with E-state index in [1.54, 1.807) is 19.9 Å². The number of fused-ring (bicyclic) bond motifs is 1. The van der Waals surface area contributed by atoms with Crippen LogP contribution in [0.2, 0.25) is 0 Å². The van der Waals surface area contributed by atoms with E-state index in [1.165, 1.54) is 12.1 Å². The Labute approximate surface area is 129 Å². The Hall–Kier alpha value is -1.80. The summed E-state index contributed by atoms with van der Waals surface area (Å²) in [7, 11) is -4.04. The summed E-state index contributed by atoms with van der Waals surface area (Å²) in [5, 5.41) is 9.24. The molecule has 7 nitrogen and oxygen atoms in total. The van der Waals surface area contributed by atoms with Gasteiger partial charge in [0.25, 0.3) is 0 Å². The van der Waals surface area contributed by atoms with Gasteiger partial charge >= 0.3 is 5.97 Å². The van der Waals surface area contributed by atoms with Gasteiger partial charge in [-0.25, -0.2) is 8.42 Å². The zero-order valence-electron chi connectivity index (χ0n) is 12.4. The maximum Gasteiger partial charge on any atom is 0.322 e. The van der Waals surface area contributed by atoms with Crippen LogP contribution in [-0.4, -0.2) is 38.7 Å². The number of rotatable bonds is 6. The van der Waals surface area contributed by atoms with Gasteiger partial charge in [0.15, 0.2) is 11.5 Å². The van der Waals surface area contributed by atoms with E-state index in [2.05, 4.69) is 4.72 Å². The van der Waals surface area contributed by atoms with Crippen LogP contribution in [0.1, 0.15) is 20.3 Å². The van der Waals surface area contributed by atoms with Gasteiger partial charge in [0.05, 0.1) is 0 Å². The minimum atomic E-state index is -4.04. The van der Waals surface area contributed by atoms with Gasteiger partial charge in [0.2, 0.25) is 10.0 Å². The molecule has 0 saturated carbocycles. The van der Waals surface area contributed by atoms with Crippen molar-refractivity contribution in [1.82, 2.24) is 4.72 Å². The third kappa shape index (κ3) is 3.33. The van der Waals surface area contributed by atoms with Crippen molar-refractivity contribution in [3.8, 4) is 11.5 Å². The number of benzene rings is 1. The van der Waals surface area contributed by atoms with Crippen molar-refractivity contribution < 1.29 is 27.8 Å². The maximum absolute atomic E-state index is 12.5. The smallest absolute Gasteiger partial charge is 0.322 e. The average Bonchev–Trinajstić information content (AvgIpc) is 2.51. The molecule has 0 fully saturated rings. The molecule has 0 aliphatic carbocycles. The third-order valence-electron chi connectivity index (χ3n) is 3.58. The maximum atomic E-state index is 12.5. The molecule has 122 valence electrons. The minimum Gasteiger partial charge on any atom is -0.486 e. The van der Waals surface area contributed by atoms with E-state index in [4.69, 9.17) is 9.47 Å². The summed E-state index contributed by atoms with van der Waals surface area (Å²) < 4.78 is 38.0. The van der Waals surface area contributed by atoms with Gasteiger partial charge in [0.1, 0.15) is 24.2 Å². The molecule has 2 unspecified atom stereocenters. The number of para-hydroxylation sites is 1. The molecule has 2 N–H and O–H groups in total. The number of nitrogens with one attached hydrogen (secondary N) is 1. The summed E-state index contributed by atoms with van der Waals surface area (Å²) in [6.45, 7) is 4.07. The molecule has 0 amide bonds. The normalized spacial score (nSPS) is 16.8. The van der Waals surface area contributed by atoms with Gasteiger partial charge < -0.3 is 14.6 Å². The number of carboxylic acid groups (broad SMARTS) is 1. The largest absolute Gasteiger partial charge is 0.486 e. The lowest BCUT2D eigenvalue weighted by Crippen LogP contribution is -2.45. The summed E-state index contributed by atoms with van der Waals surface area (Å²) >= 11 is 0. The minimum absolute atomic E-state index is 0.112. The summed E-state index contributed by atoms with van der Waals surface area (Å²) in [5.41, 5.74) is 0. The van der Waals surface area contributed by atoms with Crippen LogP contribution in [0, 0.1) is 5.92 Å². The Balaban J connectivity index is 2.36. The van der Waals surface area contributed by atoms with Crippen molar-refractivity contribution in [2.24, 2.45) is 5.92 Å². The number of hydrogen-bond donors (Lipinski definition) is 2. The fraction of sp³-hybridized carbons (Fsp3) is 0.500. The molecule has 0 bridgehead atoms. The second kappa shape index (κ2) is 6.53. The number of carbonyl (C=O) groups is 1. The molecule has 8 heteroatoms. The van der Waals surface area contributed by atoms with Gasteiger partial charge in [-0.05, 0) is 18.1 Å². The van der Waals surface area contributed by atoms with Crippen molar-refractivity contribution in [1.29, 1.82) is 0 Å². The van der Waals surface area contributed by atoms with Crippen molar-refractivity contribution in [2.75, 3.05) is 13.2 Å². The molecule has 1 heterocycles. The standard InChI is InChI=1S/C14H19NO6S/c1-3-9(2)12(14(16)17)15-22(18,19)11-6-4-5-10-13(11)21-8-7-20-10/h4-6,9,12,15H,3,7-8H2,1-2H3,(H,16,17). The highest BCUT2D eigenvalue weighted by molar-refractivity contribution is 7.89. The number of hydrogen-bond acceptors (Lipinski definition) is 5. The number of carboxylic acids is 1. The fourth-order valence-electron chi connectivity index (χ4n) is 2.13. The molecule has 0 aromatic heterocycles. The van der Waals surface area contributed by atoms with Gasteiger partial charge in [-0.1, -0.05) is 26.3 Å². The lowest BCUT2D eigenvalue weighted by atomic mass is 10.0. The molecule has 0 spiro atoms. The monoisotopic (exact) mass is 329 g/mol. The van der Waals surface area contributed by atoms with Crippen LogP contribution < -0.4 is 14.2 Å². The molecular formula is C14H19NO6S. The van der Waals surface area contributed by atoms with Crippen LogP contribution >= 0.6 is 0 Å². The van der Waals surface area contributed by atoms with Gasteiger partial charge in [0, 0.05) is 0 Å². The second-order valence-electron chi connectivity index (χ2n) is 5.10. The predicted molar refractivity (Wildman–Crippen MR) is 78.6 cm³/mol. The van der Waals surface area contributed by atoms with Crippen LogP contribution in [0.3, 0.4) is 0 Å². The lowest BCUT2D eigenvalue weighted by molar-refractivity contribution is -0.140. The molecular weight excluding hydrogens is 310 g/mol. The van der Waals surface area contributed by atoms with Crippen LogP contribution in [0.15, 0.2) is 23.1 Å². The van der Waals surface area contributed by atoms with Crippen molar-refractivity contribution >= 4 is 16.0 Å². The predicted octanol–water partition coefficient (Wildman–Crippen LogP) is 1.24. The van der Waals surface area contributed by atoms with Crippen LogP contribution in [0.4, 0.5) is 0 Å². The molecule has 22 heavy (non-hydrogen) atoms. The van der Waals surface area contributed by atoms with E-state index in [0.29, 0.717) is 18.8 Å². The van der Waals surface area contributed by atoms with E-state index >= 15 is 0 Å². The van der Waals surface area contributed by atoms with E-state index in [0.717, 1.165) is 0 Å². The third-order valence-corrected chi connectivity index (χ3v) is 5.05. The molecule has 2 atom stereocenters. The highest BCUT2D eigenvalue weighted by Crippen LogP contribution is 2.36. The van der Waals surface area contributed by atoms with E-state index in [-0.39, 0.29) is 23.2 Å². The van der Waals surface area contributed by atoms with Crippen molar-refractivity contribution in [3.05, 3.63) is 18.2 Å². The highest BCUT2D eigenvalue weighted by atomic mass is 32.2. The molecule has 1 aliphatic rings. The SMILES string of the molecule is CCC(C)C(NS(=O)(=O)c1cccc2c1OCCO2)C(=O)O. The van der Waals surface area contributed by atoms with Gasteiger partial charge in [-0.2, -0.15) is 4.72 Å². The first-order chi connectivity index (χ1) is 10.4. The van der Waals surface area contributed by atoms with Crippen molar-refractivity contribution in [3.63, 3.8) is 0 Å². The molecule has 1 aliphatic heterocycles. The van der Waals surface area contributed by atoms with Crippen molar-refractivity contribution in [2.45, 2.75) is 31.2 Å². The lowest BCUT2D eigenvalue weighted by Gasteiger charge is -2.23. The number of sulfonamides is 1. The van der Waals surface area contributed by atoms with E-state index in [9.17, 15) is 18.3 Å². The van der Waals surface area contributed by atoms with Gasteiger partial charge in [-0.15, -0.1) is 0 Å². The Morgan fingerprint density at radius 1 is 1.36 bits per heavy atom. The van der Waals surface area contributed by atoms with Crippen LogP contribution in [0.25, 0.3) is 0 Å². The topological polar surface area (TPSA) is 102 Å². The molecule has 1 aromatic carbocycles. The van der Waals surface area contributed by atoms with E-state index in [1.807, 2.05) is 0 Å².